The van der Waals surface area contributed by atoms with E-state index in [1.807, 2.05) is 30.3 Å². The zero-order valence-electron chi connectivity index (χ0n) is 12.5. The first-order chi connectivity index (χ1) is 10.6. The van der Waals surface area contributed by atoms with E-state index < -0.39 is 11.6 Å². The first-order valence-corrected chi connectivity index (χ1v) is 7.78. The molecule has 0 bridgehead atoms. The van der Waals surface area contributed by atoms with Crippen LogP contribution in [0.5, 0.6) is 0 Å². The average Bonchev–Trinajstić information content (AvgIpc) is 3.03. The number of fused-ring (bicyclic) bond motifs is 1. The molecule has 3 fully saturated rings. The zero-order chi connectivity index (χ0) is 15.5. The Labute approximate surface area is 128 Å². The van der Waals surface area contributed by atoms with Crippen molar-refractivity contribution in [2.45, 2.75) is 43.7 Å². The van der Waals surface area contributed by atoms with Crippen molar-refractivity contribution in [1.29, 1.82) is 0 Å². The van der Waals surface area contributed by atoms with Gasteiger partial charge in [-0.1, -0.05) is 30.3 Å². The monoisotopic (exact) mass is 298 g/mol. The molecular weight excluding hydrogens is 280 g/mol. The van der Waals surface area contributed by atoms with E-state index in [0.29, 0.717) is 19.4 Å². The highest BCUT2D eigenvalue weighted by Crippen LogP contribution is 2.59. The summed E-state index contributed by atoms with van der Waals surface area (Å²) < 4.78 is 0. The van der Waals surface area contributed by atoms with Crippen LogP contribution in [0.3, 0.4) is 0 Å². The van der Waals surface area contributed by atoms with Crippen molar-refractivity contribution >= 4 is 17.7 Å². The number of carbonyl (C=O) groups is 3. The van der Waals surface area contributed by atoms with Crippen molar-refractivity contribution in [3.05, 3.63) is 35.9 Å². The van der Waals surface area contributed by atoms with E-state index in [1.165, 1.54) is 11.8 Å². The lowest BCUT2D eigenvalue weighted by molar-refractivity contribution is -0.167. The lowest BCUT2D eigenvalue weighted by atomic mass is 9.98. The molecule has 3 atom stereocenters. The summed E-state index contributed by atoms with van der Waals surface area (Å²) >= 11 is 0. The van der Waals surface area contributed by atoms with Crippen LogP contribution in [-0.4, -0.2) is 45.6 Å². The average molecular weight is 298 g/mol. The minimum atomic E-state index is -0.967. The number of hydrogen-bond acceptors (Lipinski definition) is 3. The maximum absolute atomic E-state index is 13.0. The van der Waals surface area contributed by atoms with Crippen molar-refractivity contribution in [3.8, 4) is 0 Å². The molecule has 0 N–H and O–H groups in total. The molecule has 2 heterocycles. The van der Waals surface area contributed by atoms with Gasteiger partial charge in [-0.25, -0.2) is 0 Å². The van der Waals surface area contributed by atoms with Crippen LogP contribution < -0.4 is 0 Å². The minimum Gasteiger partial charge on any atom is -0.329 e. The molecule has 1 aliphatic carbocycles. The second kappa shape index (κ2) is 4.41. The van der Waals surface area contributed by atoms with E-state index in [-0.39, 0.29) is 23.6 Å². The highest BCUT2D eigenvalue weighted by atomic mass is 16.2. The molecule has 114 valence electrons. The smallest absolute Gasteiger partial charge is 0.252 e. The van der Waals surface area contributed by atoms with Gasteiger partial charge in [-0.3, -0.25) is 19.3 Å². The van der Waals surface area contributed by atoms with Crippen molar-refractivity contribution in [2.24, 2.45) is 0 Å². The molecule has 5 nitrogen and oxygen atoms in total. The molecule has 22 heavy (non-hydrogen) atoms. The van der Waals surface area contributed by atoms with Crippen LogP contribution in [0.1, 0.15) is 37.7 Å². The summed E-state index contributed by atoms with van der Waals surface area (Å²) in [4.78, 5) is 40.8. The number of benzene rings is 1. The van der Waals surface area contributed by atoms with E-state index in [2.05, 4.69) is 0 Å². The maximum atomic E-state index is 13.0. The molecule has 3 aliphatic rings. The molecule has 4 rings (SSSR count). The molecule has 0 aromatic heterocycles. The van der Waals surface area contributed by atoms with E-state index in [4.69, 9.17) is 0 Å². The van der Waals surface area contributed by atoms with Crippen LogP contribution >= 0.6 is 0 Å². The van der Waals surface area contributed by atoms with Crippen molar-refractivity contribution in [3.63, 3.8) is 0 Å². The number of hydrogen-bond donors (Lipinski definition) is 0. The van der Waals surface area contributed by atoms with Gasteiger partial charge in [-0.2, -0.15) is 0 Å². The predicted octanol–water partition coefficient (Wildman–Crippen LogP) is 1.29. The van der Waals surface area contributed by atoms with Gasteiger partial charge in [-0.05, 0) is 24.8 Å². The van der Waals surface area contributed by atoms with Gasteiger partial charge in [0.1, 0.15) is 11.6 Å². The minimum absolute atomic E-state index is 0.0429. The Morgan fingerprint density at radius 3 is 2.64 bits per heavy atom. The fraction of sp³-hybridized carbons (Fsp3) is 0.471. The lowest BCUT2D eigenvalue weighted by Crippen LogP contribution is -2.66. The number of nitrogens with zero attached hydrogens (tertiary/aromatic N) is 2. The second-order valence-corrected chi connectivity index (χ2v) is 6.44. The first kappa shape index (κ1) is 13.5. The molecule has 2 saturated heterocycles. The molecule has 1 aromatic carbocycles. The van der Waals surface area contributed by atoms with Gasteiger partial charge in [0.05, 0.1) is 0 Å². The van der Waals surface area contributed by atoms with Crippen LogP contribution in [-0.2, 0) is 14.4 Å². The maximum Gasteiger partial charge on any atom is 0.252 e. The third-order valence-electron chi connectivity index (χ3n) is 5.24. The number of carbonyl (C=O) groups excluding carboxylic acids is 3. The summed E-state index contributed by atoms with van der Waals surface area (Å²) in [5.74, 6) is -0.624. The van der Waals surface area contributed by atoms with E-state index in [1.54, 1.807) is 4.90 Å². The SMILES string of the molecule is CC(=O)N1C(=O)[C@@H]2CCCN2C(=O)[C@]12C[C@@H]2c1ccccc1. The molecular formula is C17H18N2O3. The van der Waals surface area contributed by atoms with Crippen LogP contribution in [0.25, 0.3) is 0 Å². The van der Waals surface area contributed by atoms with Crippen LogP contribution in [0.15, 0.2) is 30.3 Å². The van der Waals surface area contributed by atoms with Crippen molar-refractivity contribution < 1.29 is 14.4 Å². The van der Waals surface area contributed by atoms with Gasteiger partial charge in [0.25, 0.3) is 5.91 Å². The Bertz CT molecular complexity index is 672. The standard InChI is InChI=1S/C17H18N2O3/c1-11(20)19-15(21)14-8-5-9-18(14)16(22)17(19)10-13(17)12-6-3-2-4-7-12/h2-4,6-7,13-14H,5,8-10H2,1H3/t13-,14+,17-/m1/s1. The topological polar surface area (TPSA) is 57.7 Å². The third-order valence-corrected chi connectivity index (χ3v) is 5.24. The fourth-order valence-corrected chi connectivity index (χ4v) is 4.21. The Balaban J connectivity index is 1.78. The summed E-state index contributed by atoms with van der Waals surface area (Å²) in [6.07, 6.45) is 2.05. The van der Waals surface area contributed by atoms with E-state index in [0.717, 1.165) is 12.0 Å². The third kappa shape index (κ3) is 1.56. The predicted molar refractivity (Wildman–Crippen MR) is 78.8 cm³/mol. The van der Waals surface area contributed by atoms with Gasteiger partial charge < -0.3 is 4.90 Å². The van der Waals surface area contributed by atoms with E-state index in [9.17, 15) is 14.4 Å². The van der Waals surface area contributed by atoms with Crippen LogP contribution in [0.2, 0.25) is 0 Å². The van der Waals surface area contributed by atoms with Gasteiger partial charge in [0.15, 0.2) is 0 Å². The molecule has 0 unspecified atom stereocenters. The first-order valence-electron chi connectivity index (χ1n) is 7.78. The number of imide groups is 1. The summed E-state index contributed by atoms with van der Waals surface area (Å²) in [5, 5.41) is 0. The summed E-state index contributed by atoms with van der Waals surface area (Å²) in [6.45, 7) is 2.02. The molecule has 1 saturated carbocycles. The van der Waals surface area contributed by atoms with Crippen LogP contribution in [0, 0.1) is 0 Å². The Morgan fingerprint density at radius 1 is 1.23 bits per heavy atom. The molecule has 5 heteroatoms. The van der Waals surface area contributed by atoms with Gasteiger partial charge >= 0.3 is 0 Å². The summed E-state index contributed by atoms with van der Waals surface area (Å²) in [5.41, 5.74) is 0.0537. The molecule has 1 spiro atoms. The normalized spacial score (nSPS) is 33.3. The highest BCUT2D eigenvalue weighted by Gasteiger charge is 2.71. The largest absolute Gasteiger partial charge is 0.329 e. The molecule has 3 amide bonds. The Kier molecular flexibility index (Phi) is 2.71. The molecule has 0 radical (unpaired) electrons. The fourth-order valence-electron chi connectivity index (χ4n) is 4.21. The van der Waals surface area contributed by atoms with Crippen LogP contribution in [0.4, 0.5) is 0 Å². The number of piperazine rings is 1. The van der Waals surface area contributed by atoms with Gasteiger partial charge in [-0.15, -0.1) is 0 Å². The molecule has 1 aromatic rings. The zero-order valence-corrected chi connectivity index (χ0v) is 12.5. The summed E-state index contributed by atoms with van der Waals surface area (Å²) in [6, 6.07) is 9.27. The molecule has 2 aliphatic heterocycles. The summed E-state index contributed by atoms with van der Waals surface area (Å²) in [7, 11) is 0. The Hall–Kier alpha value is -2.17. The van der Waals surface area contributed by atoms with Gasteiger partial charge in [0, 0.05) is 19.4 Å². The van der Waals surface area contributed by atoms with E-state index >= 15 is 0 Å². The number of amides is 3. The van der Waals surface area contributed by atoms with Crippen molar-refractivity contribution in [2.75, 3.05) is 6.54 Å². The van der Waals surface area contributed by atoms with Crippen molar-refractivity contribution in [1.82, 2.24) is 9.80 Å². The second-order valence-electron chi connectivity index (χ2n) is 6.44. The highest BCUT2D eigenvalue weighted by molar-refractivity contribution is 6.10. The van der Waals surface area contributed by atoms with Gasteiger partial charge in [0.2, 0.25) is 11.8 Å². The number of rotatable bonds is 1. The Morgan fingerprint density at radius 2 is 1.95 bits per heavy atom. The lowest BCUT2D eigenvalue weighted by Gasteiger charge is -2.42. The quantitative estimate of drug-likeness (QED) is 0.785.